The van der Waals surface area contributed by atoms with Gasteiger partial charge in [0.05, 0.1) is 23.3 Å². The van der Waals surface area contributed by atoms with Crippen molar-refractivity contribution < 1.29 is 17.5 Å². The molecule has 1 aliphatic heterocycles. The maximum atomic E-state index is 13.3. The van der Waals surface area contributed by atoms with Crippen molar-refractivity contribution in [2.75, 3.05) is 25.9 Å². The fraction of sp³-hybridized carbons (Fsp3) is 0.435. The Morgan fingerprint density at radius 1 is 1.19 bits per heavy atom. The first-order valence-corrected chi connectivity index (χ1v) is 12.1. The molecule has 1 heterocycles. The van der Waals surface area contributed by atoms with E-state index in [-0.39, 0.29) is 29.8 Å². The first-order chi connectivity index (χ1) is 14.8. The van der Waals surface area contributed by atoms with Gasteiger partial charge in [-0.25, -0.2) is 12.8 Å². The summed E-state index contributed by atoms with van der Waals surface area (Å²) < 4.78 is 45.0. The molecule has 1 fully saturated rings. The minimum Gasteiger partial charge on any atom is -0.367 e. The predicted octanol–water partition coefficient (Wildman–Crippen LogP) is 3.42. The molecule has 3 unspecified atom stereocenters. The molecule has 1 N–H and O–H groups in total. The van der Waals surface area contributed by atoms with Gasteiger partial charge in [0.25, 0.3) is 0 Å². The molecular formula is C23H30FN3O3S. The molecule has 0 saturated carbocycles. The second-order valence-corrected chi connectivity index (χ2v) is 9.82. The number of hydrogen-bond acceptors (Lipinski definition) is 4. The van der Waals surface area contributed by atoms with Crippen molar-refractivity contribution in [3.63, 3.8) is 0 Å². The molecule has 0 aromatic heterocycles. The van der Waals surface area contributed by atoms with Crippen LogP contribution < -0.4 is 5.32 Å². The first-order valence-electron chi connectivity index (χ1n) is 10.5. The van der Waals surface area contributed by atoms with Crippen molar-refractivity contribution in [3.05, 3.63) is 66.0 Å². The average molecular weight is 448 g/mol. The van der Waals surface area contributed by atoms with Gasteiger partial charge in [-0.3, -0.25) is 4.99 Å². The SMILES string of the molecule is CCC(CS(=O)(=O)c1ccccc1)NC(=NC)N1CC(C)OC(c2ccc(F)cc2)C1. The van der Waals surface area contributed by atoms with Crippen LogP contribution in [0.15, 0.2) is 64.5 Å². The van der Waals surface area contributed by atoms with Gasteiger partial charge >= 0.3 is 0 Å². The lowest BCUT2D eigenvalue weighted by Gasteiger charge is -2.39. The van der Waals surface area contributed by atoms with Crippen LogP contribution in [-0.2, 0) is 14.6 Å². The van der Waals surface area contributed by atoms with E-state index < -0.39 is 9.84 Å². The van der Waals surface area contributed by atoms with Crippen LogP contribution in [0.3, 0.4) is 0 Å². The third-order valence-corrected chi connectivity index (χ3v) is 7.19. The molecule has 1 aliphatic rings. The first kappa shape index (κ1) is 23.2. The zero-order valence-corrected chi connectivity index (χ0v) is 19.0. The highest BCUT2D eigenvalue weighted by Gasteiger charge is 2.30. The third-order valence-electron chi connectivity index (χ3n) is 5.36. The number of benzene rings is 2. The number of hydrogen-bond donors (Lipinski definition) is 1. The van der Waals surface area contributed by atoms with Crippen LogP contribution in [0, 0.1) is 5.82 Å². The molecule has 3 atom stereocenters. The zero-order chi connectivity index (χ0) is 22.4. The fourth-order valence-corrected chi connectivity index (χ4v) is 5.33. The number of ether oxygens (including phenoxy) is 1. The fourth-order valence-electron chi connectivity index (χ4n) is 3.72. The second-order valence-electron chi connectivity index (χ2n) is 7.78. The molecule has 1 saturated heterocycles. The van der Waals surface area contributed by atoms with Crippen molar-refractivity contribution in [1.29, 1.82) is 0 Å². The summed E-state index contributed by atoms with van der Waals surface area (Å²) >= 11 is 0. The van der Waals surface area contributed by atoms with Crippen LogP contribution in [0.1, 0.15) is 31.9 Å². The maximum absolute atomic E-state index is 13.3. The monoisotopic (exact) mass is 447 g/mol. The van der Waals surface area contributed by atoms with Crippen molar-refractivity contribution >= 4 is 15.8 Å². The van der Waals surface area contributed by atoms with E-state index in [1.165, 1.54) is 12.1 Å². The van der Waals surface area contributed by atoms with Crippen molar-refractivity contribution in [3.8, 4) is 0 Å². The Labute approximate surface area is 184 Å². The van der Waals surface area contributed by atoms with E-state index in [4.69, 9.17) is 4.74 Å². The molecule has 0 bridgehead atoms. The summed E-state index contributed by atoms with van der Waals surface area (Å²) in [5, 5.41) is 3.33. The normalized spacial score (nSPS) is 21.0. The molecule has 0 aliphatic carbocycles. The van der Waals surface area contributed by atoms with Gasteiger partial charge in [0.1, 0.15) is 11.9 Å². The Hall–Kier alpha value is -2.45. The lowest BCUT2D eigenvalue weighted by atomic mass is 10.1. The van der Waals surface area contributed by atoms with Crippen LogP contribution in [0.2, 0.25) is 0 Å². The maximum Gasteiger partial charge on any atom is 0.194 e. The Morgan fingerprint density at radius 3 is 2.48 bits per heavy atom. The highest BCUT2D eigenvalue weighted by Crippen LogP contribution is 2.25. The van der Waals surface area contributed by atoms with E-state index in [9.17, 15) is 12.8 Å². The van der Waals surface area contributed by atoms with Gasteiger partial charge in [-0.1, -0.05) is 37.3 Å². The molecule has 31 heavy (non-hydrogen) atoms. The Morgan fingerprint density at radius 2 is 1.87 bits per heavy atom. The topological polar surface area (TPSA) is 71.0 Å². The standard InChI is InChI=1S/C23H30FN3O3S/c1-4-20(16-31(28,29)21-8-6-5-7-9-21)26-23(25-3)27-14-17(2)30-22(15-27)18-10-12-19(24)13-11-18/h5-13,17,20,22H,4,14-16H2,1-3H3,(H,25,26). The van der Waals surface area contributed by atoms with Crippen LogP contribution in [0.5, 0.6) is 0 Å². The van der Waals surface area contributed by atoms with Crippen molar-refractivity contribution in [1.82, 2.24) is 10.2 Å². The van der Waals surface area contributed by atoms with Crippen LogP contribution in [-0.4, -0.2) is 57.3 Å². The van der Waals surface area contributed by atoms with E-state index in [1.807, 2.05) is 13.8 Å². The molecule has 168 valence electrons. The molecule has 2 aromatic rings. The number of halogens is 1. The second kappa shape index (κ2) is 10.2. The smallest absolute Gasteiger partial charge is 0.194 e. The molecule has 8 heteroatoms. The minimum absolute atomic E-state index is 0.0200. The van der Waals surface area contributed by atoms with Gasteiger partial charge < -0.3 is 15.0 Å². The summed E-state index contributed by atoms with van der Waals surface area (Å²) in [5.41, 5.74) is 0.895. The van der Waals surface area contributed by atoms with E-state index in [2.05, 4.69) is 15.2 Å². The number of rotatable bonds is 6. The number of guanidine groups is 1. The Balaban J connectivity index is 1.72. The lowest BCUT2D eigenvalue weighted by Crippen LogP contribution is -2.53. The average Bonchev–Trinajstić information content (AvgIpc) is 2.77. The number of sulfone groups is 1. The van der Waals surface area contributed by atoms with E-state index >= 15 is 0 Å². The van der Waals surface area contributed by atoms with Crippen LogP contribution >= 0.6 is 0 Å². The van der Waals surface area contributed by atoms with Gasteiger partial charge in [0.15, 0.2) is 15.8 Å². The third kappa shape index (κ3) is 6.04. The molecule has 0 amide bonds. The molecular weight excluding hydrogens is 417 g/mol. The highest BCUT2D eigenvalue weighted by molar-refractivity contribution is 7.91. The van der Waals surface area contributed by atoms with E-state index in [0.717, 1.165) is 5.56 Å². The summed E-state index contributed by atoms with van der Waals surface area (Å²) in [4.78, 5) is 6.79. The summed E-state index contributed by atoms with van der Waals surface area (Å²) in [7, 11) is -1.73. The predicted molar refractivity (Wildman–Crippen MR) is 120 cm³/mol. The number of morpholine rings is 1. The van der Waals surface area contributed by atoms with Gasteiger partial charge in [-0.2, -0.15) is 0 Å². The number of aliphatic imine (C=N–C) groups is 1. The van der Waals surface area contributed by atoms with Gasteiger partial charge in [-0.05, 0) is 43.2 Å². The molecule has 0 spiro atoms. The summed E-state index contributed by atoms with van der Waals surface area (Å²) in [6, 6.07) is 14.5. The quantitative estimate of drug-likeness (QED) is 0.543. The minimum atomic E-state index is -3.42. The lowest BCUT2D eigenvalue weighted by molar-refractivity contribution is -0.0606. The molecule has 0 radical (unpaired) electrons. The molecule has 3 rings (SSSR count). The van der Waals surface area contributed by atoms with Gasteiger partial charge in [-0.15, -0.1) is 0 Å². The number of nitrogens with zero attached hydrogens (tertiary/aromatic N) is 2. The van der Waals surface area contributed by atoms with Crippen molar-refractivity contribution in [2.45, 2.75) is 43.4 Å². The van der Waals surface area contributed by atoms with Crippen molar-refractivity contribution in [2.24, 2.45) is 4.99 Å². The van der Waals surface area contributed by atoms with Gasteiger partial charge in [0, 0.05) is 19.6 Å². The Bertz CT molecular complexity index is 981. The van der Waals surface area contributed by atoms with Crippen LogP contribution in [0.4, 0.5) is 4.39 Å². The van der Waals surface area contributed by atoms with E-state index in [0.29, 0.717) is 30.4 Å². The molecule has 2 aromatic carbocycles. The van der Waals surface area contributed by atoms with Gasteiger partial charge in [0.2, 0.25) is 0 Å². The highest BCUT2D eigenvalue weighted by atomic mass is 32.2. The van der Waals surface area contributed by atoms with E-state index in [1.54, 1.807) is 49.5 Å². The summed E-state index contributed by atoms with van der Waals surface area (Å²) in [5.74, 6) is 0.332. The summed E-state index contributed by atoms with van der Waals surface area (Å²) in [6.07, 6.45) is 0.346. The molecule has 6 nitrogen and oxygen atoms in total. The number of nitrogens with one attached hydrogen (secondary N) is 1. The summed E-state index contributed by atoms with van der Waals surface area (Å²) in [6.45, 7) is 5.10. The zero-order valence-electron chi connectivity index (χ0n) is 18.2. The van der Waals surface area contributed by atoms with Crippen LogP contribution in [0.25, 0.3) is 0 Å². The Kier molecular flexibility index (Phi) is 7.67. The largest absolute Gasteiger partial charge is 0.367 e.